The molecule has 18 heavy (non-hydrogen) atoms. The Morgan fingerprint density at radius 1 is 1.17 bits per heavy atom. The van der Waals surface area contributed by atoms with Crippen molar-refractivity contribution in [3.05, 3.63) is 59.7 Å². The first-order chi connectivity index (χ1) is 8.69. The third-order valence-corrected chi connectivity index (χ3v) is 3.85. The van der Waals surface area contributed by atoms with Crippen molar-refractivity contribution in [2.45, 2.75) is 10.6 Å². The number of hydrogen-bond donors (Lipinski definition) is 1. The van der Waals surface area contributed by atoms with Gasteiger partial charge in [-0.3, -0.25) is 4.21 Å². The molecule has 2 aromatic rings. The molecule has 0 saturated carbocycles. The van der Waals surface area contributed by atoms with Crippen LogP contribution in [0, 0.1) is 11.3 Å². The van der Waals surface area contributed by atoms with Crippen molar-refractivity contribution in [2.75, 3.05) is 5.73 Å². The van der Waals surface area contributed by atoms with Crippen LogP contribution in [0.15, 0.2) is 53.4 Å². The first-order valence-corrected chi connectivity index (χ1v) is 6.74. The first kappa shape index (κ1) is 12.3. The zero-order chi connectivity index (χ0) is 13.0. The van der Waals surface area contributed by atoms with Crippen molar-refractivity contribution < 1.29 is 4.21 Å². The predicted octanol–water partition coefficient (Wildman–Crippen LogP) is 2.45. The van der Waals surface area contributed by atoms with Crippen molar-refractivity contribution in [2.24, 2.45) is 0 Å². The summed E-state index contributed by atoms with van der Waals surface area (Å²) in [5, 5.41) is 8.81. The molecule has 0 heterocycles. The van der Waals surface area contributed by atoms with E-state index in [0.29, 0.717) is 21.9 Å². The minimum absolute atomic E-state index is 0.388. The summed E-state index contributed by atoms with van der Waals surface area (Å²) in [5.74, 6) is 0.388. The van der Waals surface area contributed by atoms with Crippen LogP contribution in [0.4, 0.5) is 5.69 Å². The molecule has 0 spiro atoms. The van der Waals surface area contributed by atoms with Gasteiger partial charge in [0.05, 0.1) is 28.2 Å². The van der Waals surface area contributed by atoms with Crippen LogP contribution in [0.3, 0.4) is 0 Å². The molecule has 3 nitrogen and oxygen atoms in total. The van der Waals surface area contributed by atoms with Gasteiger partial charge in [-0.2, -0.15) is 5.26 Å². The molecule has 0 aromatic heterocycles. The van der Waals surface area contributed by atoms with Crippen LogP contribution in [-0.2, 0) is 16.6 Å². The van der Waals surface area contributed by atoms with Crippen molar-refractivity contribution in [1.82, 2.24) is 0 Å². The molecular weight excluding hydrogens is 244 g/mol. The Balaban J connectivity index is 2.19. The van der Waals surface area contributed by atoms with E-state index >= 15 is 0 Å². The number of benzene rings is 2. The summed E-state index contributed by atoms with van der Waals surface area (Å²) < 4.78 is 12.1. The van der Waals surface area contributed by atoms with Crippen LogP contribution >= 0.6 is 0 Å². The second kappa shape index (κ2) is 5.48. The number of nitrogens with zero attached hydrogens (tertiary/aromatic N) is 1. The minimum Gasteiger partial charge on any atom is -0.399 e. The Hall–Kier alpha value is -2.12. The average molecular weight is 256 g/mol. The normalized spacial score (nSPS) is 11.7. The maximum absolute atomic E-state index is 12.1. The average Bonchev–Trinajstić information content (AvgIpc) is 2.39. The third-order valence-electron chi connectivity index (χ3n) is 2.47. The summed E-state index contributed by atoms with van der Waals surface area (Å²) in [7, 11) is -1.14. The van der Waals surface area contributed by atoms with Crippen molar-refractivity contribution in [3.8, 4) is 6.07 Å². The van der Waals surface area contributed by atoms with E-state index in [1.165, 1.54) is 0 Å². The Morgan fingerprint density at radius 3 is 2.67 bits per heavy atom. The van der Waals surface area contributed by atoms with Gasteiger partial charge < -0.3 is 5.73 Å². The Kier molecular flexibility index (Phi) is 3.75. The van der Waals surface area contributed by atoms with Crippen molar-refractivity contribution in [3.63, 3.8) is 0 Å². The first-order valence-electron chi connectivity index (χ1n) is 5.42. The van der Waals surface area contributed by atoms with Crippen LogP contribution in [-0.4, -0.2) is 4.21 Å². The minimum atomic E-state index is -1.14. The number of nitrogen functional groups attached to an aromatic ring is 1. The molecule has 0 radical (unpaired) electrons. The Labute approximate surface area is 108 Å². The van der Waals surface area contributed by atoms with Gasteiger partial charge in [0.25, 0.3) is 0 Å². The second-order valence-corrected chi connectivity index (χ2v) is 5.33. The van der Waals surface area contributed by atoms with Gasteiger partial charge in [-0.15, -0.1) is 0 Å². The Morgan fingerprint density at radius 2 is 1.94 bits per heavy atom. The molecule has 90 valence electrons. The van der Waals surface area contributed by atoms with E-state index in [4.69, 9.17) is 11.0 Å². The van der Waals surface area contributed by atoms with Gasteiger partial charge in [-0.05, 0) is 35.9 Å². The topological polar surface area (TPSA) is 66.9 Å². The number of nitrogens with two attached hydrogens (primary N) is 1. The fraction of sp³-hybridized carbons (Fsp3) is 0.0714. The molecule has 0 aliphatic rings. The standard InChI is InChI=1S/C14H12N2OS/c15-9-11-3-1-4-12(7-11)10-18(17)14-6-2-5-13(16)8-14/h1-8H,10,16H2. The van der Waals surface area contributed by atoms with Gasteiger partial charge in [0, 0.05) is 10.6 Å². The lowest BCUT2D eigenvalue weighted by atomic mass is 10.2. The van der Waals surface area contributed by atoms with Gasteiger partial charge in [0.1, 0.15) is 0 Å². The fourth-order valence-electron chi connectivity index (χ4n) is 1.62. The quantitative estimate of drug-likeness (QED) is 0.858. The van der Waals surface area contributed by atoms with Gasteiger partial charge in [-0.1, -0.05) is 18.2 Å². The summed E-state index contributed by atoms with van der Waals surface area (Å²) in [6.07, 6.45) is 0. The Bertz CT molecular complexity index is 632. The summed E-state index contributed by atoms with van der Waals surface area (Å²) in [6.45, 7) is 0. The predicted molar refractivity (Wildman–Crippen MR) is 72.1 cm³/mol. The maximum atomic E-state index is 12.1. The van der Waals surface area contributed by atoms with E-state index in [1.54, 1.807) is 42.5 Å². The summed E-state index contributed by atoms with van der Waals surface area (Å²) in [5.41, 5.74) is 7.73. The molecule has 2 aromatic carbocycles. The highest BCUT2D eigenvalue weighted by Crippen LogP contribution is 2.15. The van der Waals surface area contributed by atoms with E-state index in [2.05, 4.69) is 6.07 Å². The maximum Gasteiger partial charge on any atom is 0.0991 e. The molecule has 0 saturated heterocycles. The van der Waals surface area contributed by atoms with E-state index < -0.39 is 10.8 Å². The molecule has 4 heteroatoms. The highest BCUT2D eigenvalue weighted by Gasteiger charge is 2.06. The third kappa shape index (κ3) is 2.96. The zero-order valence-electron chi connectivity index (χ0n) is 9.67. The van der Waals surface area contributed by atoms with Gasteiger partial charge in [-0.25, -0.2) is 0 Å². The molecule has 0 aliphatic carbocycles. The number of hydrogen-bond acceptors (Lipinski definition) is 3. The van der Waals surface area contributed by atoms with Crippen LogP contribution < -0.4 is 5.73 Å². The van der Waals surface area contributed by atoms with Crippen LogP contribution in [0.2, 0.25) is 0 Å². The van der Waals surface area contributed by atoms with Crippen LogP contribution in [0.1, 0.15) is 11.1 Å². The molecule has 1 atom stereocenters. The summed E-state index contributed by atoms with van der Waals surface area (Å²) in [6, 6.07) is 16.3. The smallest absolute Gasteiger partial charge is 0.0991 e. The number of nitriles is 1. The molecule has 2 rings (SSSR count). The largest absolute Gasteiger partial charge is 0.399 e. The summed E-state index contributed by atoms with van der Waals surface area (Å²) >= 11 is 0. The van der Waals surface area contributed by atoms with E-state index in [9.17, 15) is 4.21 Å². The van der Waals surface area contributed by atoms with E-state index in [1.807, 2.05) is 6.07 Å². The lowest BCUT2D eigenvalue weighted by molar-refractivity contribution is 0.682. The molecule has 0 bridgehead atoms. The monoisotopic (exact) mass is 256 g/mol. The number of anilines is 1. The second-order valence-electron chi connectivity index (χ2n) is 3.87. The zero-order valence-corrected chi connectivity index (χ0v) is 10.5. The molecule has 0 amide bonds. The van der Waals surface area contributed by atoms with E-state index in [-0.39, 0.29) is 0 Å². The van der Waals surface area contributed by atoms with E-state index in [0.717, 1.165) is 5.56 Å². The molecule has 1 unspecified atom stereocenters. The van der Waals surface area contributed by atoms with Gasteiger partial charge in [0.15, 0.2) is 0 Å². The van der Waals surface area contributed by atoms with Gasteiger partial charge >= 0.3 is 0 Å². The molecule has 0 aliphatic heterocycles. The summed E-state index contributed by atoms with van der Waals surface area (Å²) in [4.78, 5) is 0.706. The lowest BCUT2D eigenvalue weighted by Crippen LogP contribution is -1.98. The highest BCUT2D eigenvalue weighted by atomic mass is 32.2. The van der Waals surface area contributed by atoms with Crippen molar-refractivity contribution in [1.29, 1.82) is 5.26 Å². The SMILES string of the molecule is N#Cc1cccc(CS(=O)c2cccc(N)c2)c1. The lowest BCUT2D eigenvalue weighted by Gasteiger charge is -2.04. The van der Waals surface area contributed by atoms with Gasteiger partial charge in [0.2, 0.25) is 0 Å². The molecule has 2 N–H and O–H groups in total. The fourth-order valence-corrected chi connectivity index (χ4v) is 2.77. The highest BCUT2D eigenvalue weighted by molar-refractivity contribution is 7.84. The number of rotatable bonds is 3. The van der Waals surface area contributed by atoms with Crippen LogP contribution in [0.5, 0.6) is 0 Å². The van der Waals surface area contributed by atoms with Crippen molar-refractivity contribution >= 4 is 16.5 Å². The van der Waals surface area contributed by atoms with Crippen LogP contribution in [0.25, 0.3) is 0 Å². The molecular formula is C14H12N2OS. The molecule has 0 fully saturated rings.